The van der Waals surface area contributed by atoms with Crippen LogP contribution in [-0.4, -0.2) is 50.9 Å². The molecule has 0 radical (unpaired) electrons. The highest BCUT2D eigenvalue weighted by Gasteiger charge is 2.22. The molecule has 0 aliphatic carbocycles. The monoisotopic (exact) mass is 259 g/mol. The summed E-state index contributed by atoms with van der Waals surface area (Å²) in [6.07, 6.45) is 6.80. The standard InChI is InChI=1S/C12H13N5O2/c18-11-1-4-16(5-3-14-11)12(19)9-7-15-17-6-2-13-8-10(9)17/h2,6-8H,1,3-5H2,(H,14,18). The van der Waals surface area contributed by atoms with Crippen molar-refractivity contribution in [2.75, 3.05) is 19.6 Å². The molecular formula is C12H13N5O2. The largest absolute Gasteiger partial charge is 0.354 e. The van der Waals surface area contributed by atoms with E-state index >= 15 is 0 Å². The molecule has 1 aliphatic heterocycles. The van der Waals surface area contributed by atoms with Crippen LogP contribution in [0.4, 0.5) is 0 Å². The fourth-order valence-corrected chi connectivity index (χ4v) is 2.14. The van der Waals surface area contributed by atoms with E-state index in [-0.39, 0.29) is 11.8 Å². The summed E-state index contributed by atoms with van der Waals surface area (Å²) in [6.45, 7) is 1.44. The van der Waals surface area contributed by atoms with Crippen molar-refractivity contribution in [3.05, 3.63) is 30.4 Å². The van der Waals surface area contributed by atoms with Gasteiger partial charge in [-0.15, -0.1) is 0 Å². The van der Waals surface area contributed by atoms with Gasteiger partial charge >= 0.3 is 0 Å². The van der Waals surface area contributed by atoms with Crippen molar-refractivity contribution in [3.63, 3.8) is 0 Å². The average molecular weight is 259 g/mol. The molecule has 0 bridgehead atoms. The third-order valence-electron chi connectivity index (χ3n) is 3.16. The maximum absolute atomic E-state index is 12.4. The van der Waals surface area contributed by atoms with Crippen molar-refractivity contribution in [1.82, 2.24) is 24.8 Å². The van der Waals surface area contributed by atoms with E-state index in [4.69, 9.17) is 0 Å². The summed E-state index contributed by atoms with van der Waals surface area (Å²) in [4.78, 5) is 29.4. The van der Waals surface area contributed by atoms with Crippen molar-refractivity contribution in [1.29, 1.82) is 0 Å². The number of hydrogen-bond acceptors (Lipinski definition) is 4. The highest BCUT2D eigenvalue weighted by Crippen LogP contribution is 2.12. The van der Waals surface area contributed by atoms with Crippen LogP contribution in [0.2, 0.25) is 0 Å². The summed E-state index contributed by atoms with van der Waals surface area (Å²) in [5, 5.41) is 6.87. The first kappa shape index (κ1) is 11.6. The van der Waals surface area contributed by atoms with E-state index in [1.54, 1.807) is 34.2 Å². The van der Waals surface area contributed by atoms with Crippen LogP contribution in [0.15, 0.2) is 24.8 Å². The maximum Gasteiger partial charge on any atom is 0.257 e. The first-order valence-corrected chi connectivity index (χ1v) is 6.09. The average Bonchev–Trinajstić information content (AvgIpc) is 2.74. The first-order chi connectivity index (χ1) is 9.25. The van der Waals surface area contributed by atoms with Crippen LogP contribution in [0.3, 0.4) is 0 Å². The second-order valence-electron chi connectivity index (χ2n) is 4.36. The summed E-state index contributed by atoms with van der Waals surface area (Å²) >= 11 is 0. The molecule has 3 heterocycles. The fraction of sp³-hybridized carbons (Fsp3) is 0.333. The van der Waals surface area contributed by atoms with E-state index < -0.39 is 0 Å². The molecule has 1 aliphatic rings. The van der Waals surface area contributed by atoms with Crippen LogP contribution in [-0.2, 0) is 4.79 Å². The third-order valence-corrected chi connectivity index (χ3v) is 3.16. The van der Waals surface area contributed by atoms with Gasteiger partial charge in [0.05, 0.1) is 23.5 Å². The normalized spacial score (nSPS) is 16.2. The molecular weight excluding hydrogens is 246 g/mol. The van der Waals surface area contributed by atoms with Crippen molar-refractivity contribution in [2.45, 2.75) is 6.42 Å². The molecule has 1 fully saturated rings. The van der Waals surface area contributed by atoms with Crippen LogP contribution in [0.25, 0.3) is 5.52 Å². The Morgan fingerprint density at radius 2 is 2.21 bits per heavy atom. The molecule has 0 aromatic carbocycles. The number of hydrogen-bond donors (Lipinski definition) is 1. The Bertz CT molecular complexity index is 636. The molecule has 7 nitrogen and oxygen atoms in total. The van der Waals surface area contributed by atoms with E-state index in [0.717, 1.165) is 0 Å². The zero-order valence-corrected chi connectivity index (χ0v) is 10.2. The molecule has 1 saturated heterocycles. The lowest BCUT2D eigenvalue weighted by Crippen LogP contribution is -2.34. The van der Waals surface area contributed by atoms with Crippen molar-refractivity contribution in [2.24, 2.45) is 0 Å². The summed E-state index contributed by atoms with van der Waals surface area (Å²) in [6, 6.07) is 0. The Balaban J connectivity index is 1.89. The Morgan fingerprint density at radius 3 is 3.11 bits per heavy atom. The number of fused-ring (bicyclic) bond motifs is 1. The minimum absolute atomic E-state index is 0.0168. The number of aromatic nitrogens is 3. The first-order valence-electron chi connectivity index (χ1n) is 6.09. The van der Waals surface area contributed by atoms with Gasteiger partial charge in [-0.05, 0) is 0 Å². The van der Waals surface area contributed by atoms with Gasteiger partial charge in [-0.25, -0.2) is 4.52 Å². The lowest BCUT2D eigenvalue weighted by molar-refractivity contribution is -0.120. The number of amides is 2. The minimum atomic E-state index is -0.112. The number of rotatable bonds is 1. The Hall–Kier alpha value is -2.44. The van der Waals surface area contributed by atoms with Crippen LogP contribution in [0.5, 0.6) is 0 Å². The van der Waals surface area contributed by atoms with Gasteiger partial charge in [0.2, 0.25) is 5.91 Å². The van der Waals surface area contributed by atoms with Gasteiger partial charge in [0, 0.05) is 38.4 Å². The molecule has 1 N–H and O–H groups in total. The zero-order valence-electron chi connectivity index (χ0n) is 10.2. The van der Waals surface area contributed by atoms with Crippen molar-refractivity contribution >= 4 is 17.3 Å². The smallest absolute Gasteiger partial charge is 0.257 e. The van der Waals surface area contributed by atoms with Gasteiger partial charge in [-0.3, -0.25) is 14.6 Å². The Labute approximate surface area is 109 Å². The van der Waals surface area contributed by atoms with Gasteiger partial charge in [-0.1, -0.05) is 0 Å². The van der Waals surface area contributed by atoms with Gasteiger partial charge in [0.25, 0.3) is 5.91 Å². The van der Waals surface area contributed by atoms with Crippen LogP contribution >= 0.6 is 0 Å². The fourth-order valence-electron chi connectivity index (χ4n) is 2.14. The third kappa shape index (κ3) is 2.14. The van der Waals surface area contributed by atoms with E-state index in [2.05, 4.69) is 15.4 Å². The van der Waals surface area contributed by atoms with E-state index in [1.807, 2.05) is 0 Å². The maximum atomic E-state index is 12.4. The number of nitrogens with zero attached hydrogens (tertiary/aromatic N) is 4. The number of carbonyl (C=O) groups is 2. The molecule has 7 heteroatoms. The van der Waals surface area contributed by atoms with Crippen LogP contribution in [0.1, 0.15) is 16.8 Å². The predicted molar refractivity (Wildman–Crippen MR) is 66.5 cm³/mol. The lowest BCUT2D eigenvalue weighted by atomic mass is 10.2. The van der Waals surface area contributed by atoms with Crippen LogP contribution in [0, 0.1) is 0 Å². The van der Waals surface area contributed by atoms with E-state index in [9.17, 15) is 9.59 Å². The van der Waals surface area contributed by atoms with Crippen molar-refractivity contribution < 1.29 is 9.59 Å². The Morgan fingerprint density at radius 1 is 1.32 bits per heavy atom. The molecule has 0 unspecified atom stereocenters. The molecule has 0 spiro atoms. The Kier molecular flexibility index (Phi) is 2.86. The summed E-state index contributed by atoms with van der Waals surface area (Å²) in [7, 11) is 0. The molecule has 2 amide bonds. The topological polar surface area (TPSA) is 79.6 Å². The number of nitrogens with one attached hydrogen (secondary N) is 1. The van der Waals surface area contributed by atoms with Gasteiger partial charge in [0.1, 0.15) is 0 Å². The van der Waals surface area contributed by atoms with Crippen LogP contribution < -0.4 is 5.32 Å². The second kappa shape index (κ2) is 4.68. The molecule has 98 valence electrons. The quantitative estimate of drug-likeness (QED) is 0.762. The SMILES string of the molecule is O=C1CCN(C(=O)c2cnn3ccncc23)CCN1. The van der Waals surface area contributed by atoms with E-state index in [1.165, 1.54) is 0 Å². The van der Waals surface area contributed by atoms with Gasteiger partial charge < -0.3 is 10.2 Å². The minimum Gasteiger partial charge on any atom is -0.354 e. The molecule has 0 atom stereocenters. The zero-order chi connectivity index (χ0) is 13.2. The summed E-state index contributed by atoms with van der Waals surface area (Å²) < 4.78 is 1.61. The molecule has 2 aromatic rings. The molecule has 0 saturated carbocycles. The molecule has 19 heavy (non-hydrogen) atoms. The molecule has 3 rings (SSSR count). The molecule has 2 aromatic heterocycles. The van der Waals surface area contributed by atoms with Crippen molar-refractivity contribution in [3.8, 4) is 0 Å². The summed E-state index contributed by atoms with van der Waals surface area (Å²) in [5.41, 5.74) is 1.19. The number of carbonyl (C=O) groups excluding carboxylic acids is 2. The van der Waals surface area contributed by atoms with E-state index in [0.29, 0.717) is 37.1 Å². The second-order valence-corrected chi connectivity index (χ2v) is 4.36. The summed E-state index contributed by atoms with van der Waals surface area (Å²) in [5.74, 6) is -0.128. The van der Waals surface area contributed by atoms with Gasteiger partial charge in [0.15, 0.2) is 0 Å². The highest BCUT2D eigenvalue weighted by atomic mass is 16.2. The highest BCUT2D eigenvalue weighted by molar-refractivity contribution is 6.00. The predicted octanol–water partition coefficient (Wildman–Crippen LogP) is -0.309. The lowest BCUT2D eigenvalue weighted by Gasteiger charge is -2.18. The van der Waals surface area contributed by atoms with Gasteiger partial charge in [-0.2, -0.15) is 5.10 Å².